The molecule has 34 heavy (non-hydrogen) atoms. The zero-order valence-electron chi connectivity index (χ0n) is 19.4. The Morgan fingerprint density at radius 2 is 1.65 bits per heavy atom. The second-order valence-corrected chi connectivity index (χ2v) is 10.2. The van der Waals surface area contributed by atoms with Crippen LogP contribution in [-0.4, -0.2) is 51.0 Å². The molecule has 1 unspecified atom stereocenters. The van der Waals surface area contributed by atoms with E-state index in [1.54, 1.807) is 43.3 Å². The first-order valence-corrected chi connectivity index (χ1v) is 13.1. The van der Waals surface area contributed by atoms with E-state index >= 15 is 0 Å². The van der Waals surface area contributed by atoms with Crippen LogP contribution in [0.4, 0.5) is 5.69 Å². The molecule has 0 aliphatic carbocycles. The molecule has 3 aromatic rings. The molecule has 7 nitrogen and oxygen atoms in total. The van der Waals surface area contributed by atoms with Crippen molar-refractivity contribution in [3.8, 4) is 0 Å². The number of nitrogens with one attached hydrogen (secondary N) is 1. The van der Waals surface area contributed by atoms with Crippen LogP contribution in [0.1, 0.15) is 18.9 Å². The highest BCUT2D eigenvalue weighted by molar-refractivity contribution is 7.92. The number of amides is 2. The van der Waals surface area contributed by atoms with Crippen molar-refractivity contribution in [1.82, 2.24) is 10.2 Å². The van der Waals surface area contributed by atoms with Crippen LogP contribution in [-0.2, 0) is 26.2 Å². The van der Waals surface area contributed by atoms with Gasteiger partial charge in [0.05, 0.1) is 11.9 Å². The van der Waals surface area contributed by atoms with Crippen molar-refractivity contribution >= 4 is 49.9 Å². The average molecular weight is 502 g/mol. The number of carbonyl (C=O) groups is 2. The lowest BCUT2D eigenvalue weighted by molar-refractivity contribution is -0.140. The lowest BCUT2D eigenvalue weighted by atomic mass is 10.1. The number of hydrogen-bond acceptors (Lipinski definition) is 4. The van der Waals surface area contributed by atoms with Crippen molar-refractivity contribution in [3.05, 3.63) is 77.3 Å². The zero-order chi connectivity index (χ0) is 24.9. The van der Waals surface area contributed by atoms with Gasteiger partial charge in [0.15, 0.2) is 0 Å². The molecule has 0 aromatic heterocycles. The minimum absolute atomic E-state index is 0.0670. The Labute approximate surface area is 205 Å². The SMILES string of the molecule is CCC(C(=O)NC)N(Cc1ccccc1Cl)C(=O)CN(c1cccc2ccccc12)S(C)(=O)=O. The van der Waals surface area contributed by atoms with Crippen LogP contribution in [0.5, 0.6) is 0 Å². The maximum Gasteiger partial charge on any atom is 0.244 e. The number of halogens is 1. The standard InChI is InChI=1S/C25H28ClN3O4S/c1-4-22(25(31)27-2)28(16-19-11-6-8-14-21(19)26)24(30)17-29(34(3,32)33)23-15-9-12-18-10-5-7-13-20(18)23/h5-15,22H,4,16-17H2,1-3H3,(H,27,31). The van der Waals surface area contributed by atoms with Gasteiger partial charge in [-0.25, -0.2) is 8.42 Å². The summed E-state index contributed by atoms with van der Waals surface area (Å²) in [5, 5.41) is 4.61. The third kappa shape index (κ3) is 5.69. The summed E-state index contributed by atoms with van der Waals surface area (Å²) in [5.41, 5.74) is 1.07. The van der Waals surface area contributed by atoms with E-state index in [2.05, 4.69) is 5.32 Å². The third-order valence-corrected chi connectivity index (χ3v) is 7.14. The van der Waals surface area contributed by atoms with Gasteiger partial charge in [0.2, 0.25) is 21.8 Å². The van der Waals surface area contributed by atoms with Gasteiger partial charge in [-0.05, 0) is 29.5 Å². The fraction of sp³-hybridized carbons (Fsp3) is 0.280. The van der Waals surface area contributed by atoms with Crippen LogP contribution in [0.25, 0.3) is 10.8 Å². The summed E-state index contributed by atoms with van der Waals surface area (Å²) < 4.78 is 26.8. The molecule has 1 atom stereocenters. The topological polar surface area (TPSA) is 86.8 Å². The highest BCUT2D eigenvalue weighted by Crippen LogP contribution is 2.29. The van der Waals surface area contributed by atoms with Gasteiger partial charge in [0.25, 0.3) is 0 Å². The first-order chi connectivity index (χ1) is 16.2. The van der Waals surface area contributed by atoms with E-state index < -0.39 is 28.5 Å². The van der Waals surface area contributed by atoms with Crippen molar-refractivity contribution in [2.45, 2.75) is 25.9 Å². The van der Waals surface area contributed by atoms with Gasteiger partial charge in [0, 0.05) is 24.0 Å². The van der Waals surface area contributed by atoms with Gasteiger partial charge in [-0.15, -0.1) is 0 Å². The van der Waals surface area contributed by atoms with E-state index in [1.165, 1.54) is 11.9 Å². The molecule has 0 aliphatic heterocycles. The highest BCUT2D eigenvalue weighted by atomic mass is 35.5. The average Bonchev–Trinajstić information content (AvgIpc) is 2.82. The van der Waals surface area contributed by atoms with E-state index in [4.69, 9.17) is 11.6 Å². The summed E-state index contributed by atoms with van der Waals surface area (Å²) in [5.74, 6) is -0.840. The number of rotatable bonds is 9. The zero-order valence-corrected chi connectivity index (χ0v) is 20.9. The summed E-state index contributed by atoms with van der Waals surface area (Å²) in [7, 11) is -2.32. The molecule has 0 spiro atoms. The predicted molar refractivity (Wildman–Crippen MR) is 136 cm³/mol. The molecular weight excluding hydrogens is 474 g/mol. The largest absolute Gasteiger partial charge is 0.357 e. The molecule has 0 aliphatic rings. The van der Waals surface area contributed by atoms with E-state index in [0.717, 1.165) is 15.9 Å². The number of carbonyl (C=O) groups excluding carboxylic acids is 2. The molecule has 0 radical (unpaired) electrons. The summed E-state index contributed by atoms with van der Waals surface area (Å²) in [6.45, 7) is 1.41. The molecule has 3 aromatic carbocycles. The molecule has 0 saturated carbocycles. The fourth-order valence-corrected chi connectivity index (χ4v) is 4.97. The minimum atomic E-state index is -3.82. The minimum Gasteiger partial charge on any atom is -0.357 e. The predicted octanol–water partition coefficient (Wildman–Crippen LogP) is 3.81. The second kappa shape index (κ2) is 10.9. The van der Waals surface area contributed by atoms with Crippen LogP contribution in [0, 0.1) is 0 Å². The first kappa shape index (κ1) is 25.5. The molecule has 0 fully saturated rings. The third-order valence-electron chi connectivity index (χ3n) is 5.65. The van der Waals surface area contributed by atoms with Crippen molar-refractivity contribution < 1.29 is 18.0 Å². The monoisotopic (exact) mass is 501 g/mol. The van der Waals surface area contributed by atoms with Gasteiger partial charge in [0.1, 0.15) is 12.6 Å². The Balaban J connectivity index is 2.04. The number of sulfonamides is 1. The number of likely N-dealkylation sites (N-methyl/N-ethyl adjacent to an activating group) is 1. The Kier molecular flexibility index (Phi) is 8.17. The van der Waals surface area contributed by atoms with E-state index in [9.17, 15) is 18.0 Å². The Hall–Kier alpha value is -3.10. The Bertz CT molecular complexity index is 1290. The number of benzene rings is 3. The lowest BCUT2D eigenvalue weighted by Crippen LogP contribution is -2.51. The molecule has 1 N–H and O–H groups in total. The molecule has 3 rings (SSSR count). The maximum absolute atomic E-state index is 13.6. The molecule has 2 amide bonds. The molecule has 0 bridgehead atoms. The van der Waals surface area contributed by atoms with Crippen LogP contribution in [0.15, 0.2) is 66.7 Å². The van der Waals surface area contributed by atoms with Crippen LogP contribution in [0.2, 0.25) is 5.02 Å². The van der Waals surface area contributed by atoms with Gasteiger partial charge < -0.3 is 10.2 Å². The maximum atomic E-state index is 13.6. The summed E-state index contributed by atoms with van der Waals surface area (Å²) >= 11 is 6.33. The number of hydrogen-bond donors (Lipinski definition) is 1. The first-order valence-electron chi connectivity index (χ1n) is 10.9. The van der Waals surface area contributed by atoms with E-state index in [1.807, 2.05) is 30.3 Å². The van der Waals surface area contributed by atoms with Gasteiger partial charge in [-0.3, -0.25) is 13.9 Å². The Morgan fingerprint density at radius 1 is 1.00 bits per heavy atom. The lowest BCUT2D eigenvalue weighted by Gasteiger charge is -2.33. The summed E-state index contributed by atoms with van der Waals surface area (Å²) in [4.78, 5) is 27.7. The number of anilines is 1. The summed E-state index contributed by atoms with van der Waals surface area (Å²) in [6.07, 6.45) is 1.42. The summed E-state index contributed by atoms with van der Waals surface area (Å²) in [6, 6.07) is 18.9. The molecule has 0 saturated heterocycles. The quantitative estimate of drug-likeness (QED) is 0.483. The van der Waals surface area contributed by atoms with Gasteiger partial charge >= 0.3 is 0 Å². The van der Waals surface area contributed by atoms with Crippen LogP contribution < -0.4 is 9.62 Å². The molecular formula is C25H28ClN3O4S. The van der Waals surface area contributed by atoms with Crippen LogP contribution in [0.3, 0.4) is 0 Å². The van der Waals surface area contributed by atoms with Crippen molar-refractivity contribution in [3.63, 3.8) is 0 Å². The molecule has 0 heterocycles. The Morgan fingerprint density at radius 3 is 2.29 bits per heavy atom. The fourth-order valence-electron chi connectivity index (χ4n) is 3.92. The van der Waals surface area contributed by atoms with E-state index in [-0.39, 0.29) is 12.5 Å². The smallest absolute Gasteiger partial charge is 0.244 e. The molecule has 180 valence electrons. The van der Waals surface area contributed by atoms with Crippen LogP contribution >= 0.6 is 11.6 Å². The number of nitrogens with zero attached hydrogens (tertiary/aromatic N) is 2. The van der Waals surface area contributed by atoms with Gasteiger partial charge in [-0.1, -0.05) is 73.1 Å². The van der Waals surface area contributed by atoms with E-state index in [0.29, 0.717) is 28.1 Å². The van der Waals surface area contributed by atoms with Crippen molar-refractivity contribution in [2.75, 3.05) is 24.2 Å². The highest BCUT2D eigenvalue weighted by Gasteiger charge is 2.32. The normalized spacial score (nSPS) is 12.2. The van der Waals surface area contributed by atoms with Crippen molar-refractivity contribution in [2.24, 2.45) is 0 Å². The molecule has 9 heteroatoms. The number of fused-ring (bicyclic) bond motifs is 1. The van der Waals surface area contributed by atoms with Gasteiger partial charge in [-0.2, -0.15) is 0 Å². The second-order valence-electron chi connectivity index (χ2n) is 7.92. The van der Waals surface area contributed by atoms with Crippen molar-refractivity contribution in [1.29, 1.82) is 0 Å².